The Morgan fingerprint density at radius 3 is 2.45 bits per heavy atom. The van der Waals surface area contributed by atoms with Crippen LogP contribution in [0.4, 0.5) is 11.5 Å². The van der Waals surface area contributed by atoms with E-state index < -0.39 is 0 Å². The van der Waals surface area contributed by atoms with Gasteiger partial charge in [-0.25, -0.2) is 4.98 Å². The monoisotopic (exact) mass is 441 g/mol. The molecular formula is C27H31N5O. The summed E-state index contributed by atoms with van der Waals surface area (Å²) in [4.78, 5) is 24.3. The van der Waals surface area contributed by atoms with Crippen LogP contribution < -0.4 is 15.1 Å². The molecule has 1 aromatic heterocycles. The molecule has 2 aliphatic heterocycles. The van der Waals surface area contributed by atoms with Crippen LogP contribution in [0.5, 0.6) is 0 Å². The topological polar surface area (TPSA) is 51.7 Å². The lowest BCUT2D eigenvalue weighted by atomic mass is 10.0. The number of piperazine rings is 2. The SMILES string of the molecule is Cc1cccc(N2CCN(C(=O)c3ccc(N4CCN[C@H](c5ccccc5)C4)nc3)CC2)c1. The largest absolute Gasteiger partial charge is 0.368 e. The Labute approximate surface area is 195 Å². The molecule has 0 aliphatic carbocycles. The number of benzene rings is 2. The van der Waals surface area contributed by atoms with Crippen molar-refractivity contribution in [2.24, 2.45) is 0 Å². The third kappa shape index (κ3) is 4.86. The fraction of sp³-hybridized carbons (Fsp3) is 0.333. The molecule has 2 aliphatic rings. The van der Waals surface area contributed by atoms with Gasteiger partial charge in [-0.05, 0) is 42.3 Å². The summed E-state index contributed by atoms with van der Waals surface area (Å²) >= 11 is 0. The van der Waals surface area contributed by atoms with Gasteiger partial charge in [0.05, 0.1) is 5.56 Å². The Bertz CT molecular complexity index is 1080. The molecule has 5 rings (SSSR count). The Kier molecular flexibility index (Phi) is 6.26. The predicted molar refractivity (Wildman–Crippen MR) is 133 cm³/mol. The zero-order valence-corrected chi connectivity index (χ0v) is 19.2. The Morgan fingerprint density at radius 2 is 1.73 bits per heavy atom. The van der Waals surface area contributed by atoms with Crippen molar-refractivity contribution in [1.82, 2.24) is 15.2 Å². The molecule has 0 saturated carbocycles. The lowest BCUT2D eigenvalue weighted by Crippen LogP contribution is -2.49. The third-order valence-electron chi connectivity index (χ3n) is 6.63. The first kappa shape index (κ1) is 21.5. The van der Waals surface area contributed by atoms with E-state index in [0.29, 0.717) is 5.56 Å². The molecule has 2 saturated heterocycles. The van der Waals surface area contributed by atoms with E-state index in [1.165, 1.54) is 16.8 Å². The summed E-state index contributed by atoms with van der Waals surface area (Å²) in [6, 6.07) is 23.3. The van der Waals surface area contributed by atoms with E-state index in [9.17, 15) is 4.79 Å². The zero-order chi connectivity index (χ0) is 22.6. The zero-order valence-electron chi connectivity index (χ0n) is 19.2. The number of anilines is 2. The first-order valence-electron chi connectivity index (χ1n) is 11.8. The molecular weight excluding hydrogens is 410 g/mol. The highest BCUT2D eigenvalue weighted by molar-refractivity contribution is 5.94. The predicted octanol–water partition coefficient (Wildman–Crippen LogP) is 3.50. The van der Waals surface area contributed by atoms with Gasteiger partial charge in [-0.2, -0.15) is 0 Å². The molecule has 1 amide bonds. The van der Waals surface area contributed by atoms with Gasteiger partial charge in [0.1, 0.15) is 5.82 Å². The number of nitrogens with one attached hydrogen (secondary N) is 1. The number of carbonyl (C=O) groups is 1. The van der Waals surface area contributed by atoms with E-state index in [2.05, 4.69) is 75.6 Å². The van der Waals surface area contributed by atoms with Gasteiger partial charge in [-0.3, -0.25) is 4.79 Å². The van der Waals surface area contributed by atoms with Gasteiger partial charge in [-0.1, -0.05) is 42.5 Å². The molecule has 1 atom stereocenters. The molecule has 0 spiro atoms. The number of hydrogen-bond donors (Lipinski definition) is 1. The maximum Gasteiger partial charge on any atom is 0.255 e. The third-order valence-corrected chi connectivity index (χ3v) is 6.63. The molecule has 2 aromatic carbocycles. The van der Waals surface area contributed by atoms with Gasteiger partial charge in [0, 0.05) is 63.7 Å². The van der Waals surface area contributed by atoms with Crippen LogP contribution in [-0.4, -0.2) is 61.6 Å². The van der Waals surface area contributed by atoms with Crippen molar-refractivity contribution in [3.8, 4) is 0 Å². The number of aromatic nitrogens is 1. The van der Waals surface area contributed by atoms with E-state index in [0.717, 1.165) is 51.6 Å². The minimum absolute atomic E-state index is 0.0698. The smallest absolute Gasteiger partial charge is 0.255 e. The average molecular weight is 442 g/mol. The molecule has 1 N–H and O–H groups in total. The number of nitrogens with zero attached hydrogens (tertiary/aromatic N) is 4. The number of hydrogen-bond acceptors (Lipinski definition) is 5. The second kappa shape index (κ2) is 9.63. The first-order chi connectivity index (χ1) is 16.2. The second-order valence-corrected chi connectivity index (χ2v) is 8.89. The Hall–Kier alpha value is -3.38. The van der Waals surface area contributed by atoms with E-state index >= 15 is 0 Å². The van der Waals surface area contributed by atoms with E-state index in [1.54, 1.807) is 6.20 Å². The lowest BCUT2D eigenvalue weighted by Gasteiger charge is -2.36. The van der Waals surface area contributed by atoms with E-state index in [1.807, 2.05) is 23.1 Å². The van der Waals surface area contributed by atoms with Gasteiger partial charge in [0.2, 0.25) is 0 Å². The summed E-state index contributed by atoms with van der Waals surface area (Å²) in [5.41, 5.74) is 4.45. The first-order valence-corrected chi connectivity index (χ1v) is 11.8. The maximum atomic E-state index is 13.1. The van der Waals surface area contributed by atoms with Crippen molar-refractivity contribution in [3.05, 3.63) is 89.6 Å². The molecule has 33 heavy (non-hydrogen) atoms. The highest BCUT2D eigenvalue weighted by Crippen LogP contribution is 2.22. The second-order valence-electron chi connectivity index (χ2n) is 8.89. The average Bonchev–Trinajstić information content (AvgIpc) is 2.89. The molecule has 0 unspecified atom stereocenters. The minimum Gasteiger partial charge on any atom is -0.368 e. The molecule has 3 aromatic rings. The summed E-state index contributed by atoms with van der Waals surface area (Å²) < 4.78 is 0. The van der Waals surface area contributed by atoms with Gasteiger partial charge in [0.25, 0.3) is 5.91 Å². The summed E-state index contributed by atoms with van der Waals surface area (Å²) in [6.07, 6.45) is 1.74. The number of carbonyl (C=O) groups excluding carboxylic acids is 1. The Morgan fingerprint density at radius 1 is 0.909 bits per heavy atom. The maximum absolute atomic E-state index is 13.1. The summed E-state index contributed by atoms with van der Waals surface area (Å²) in [5, 5.41) is 3.59. The summed E-state index contributed by atoms with van der Waals surface area (Å²) in [6.45, 7) is 7.95. The van der Waals surface area contributed by atoms with Crippen molar-refractivity contribution < 1.29 is 4.79 Å². The van der Waals surface area contributed by atoms with Crippen molar-refractivity contribution in [1.29, 1.82) is 0 Å². The van der Waals surface area contributed by atoms with Gasteiger partial charge < -0.3 is 20.0 Å². The van der Waals surface area contributed by atoms with Crippen molar-refractivity contribution >= 4 is 17.4 Å². The van der Waals surface area contributed by atoms with Crippen LogP contribution in [0.25, 0.3) is 0 Å². The van der Waals surface area contributed by atoms with Crippen molar-refractivity contribution in [3.63, 3.8) is 0 Å². The quantitative estimate of drug-likeness (QED) is 0.672. The van der Waals surface area contributed by atoms with Crippen molar-refractivity contribution in [2.45, 2.75) is 13.0 Å². The van der Waals surface area contributed by atoms with Crippen LogP contribution >= 0.6 is 0 Å². The van der Waals surface area contributed by atoms with Crippen LogP contribution in [0.1, 0.15) is 27.5 Å². The van der Waals surface area contributed by atoms with Crippen LogP contribution in [0.3, 0.4) is 0 Å². The number of pyridine rings is 1. The van der Waals surface area contributed by atoms with Crippen LogP contribution in [0.2, 0.25) is 0 Å². The molecule has 0 radical (unpaired) electrons. The van der Waals surface area contributed by atoms with Crippen LogP contribution in [0, 0.1) is 6.92 Å². The number of aryl methyl sites for hydroxylation is 1. The Balaban J connectivity index is 1.19. The number of rotatable bonds is 4. The molecule has 2 fully saturated rings. The van der Waals surface area contributed by atoms with E-state index in [-0.39, 0.29) is 11.9 Å². The minimum atomic E-state index is 0.0698. The molecule has 3 heterocycles. The highest BCUT2D eigenvalue weighted by Gasteiger charge is 2.24. The normalized spacial score (nSPS) is 18.9. The van der Waals surface area contributed by atoms with Gasteiger partial charge in [-0.15, -0.1) is 0 Å². The summed E-state index contributed by atoms with van der Waals surface area (Å²) in [7, 11) is 0. The molecule has 170 valence electrons. The number of amides is 1. The fourth-order valence-electron chi connectivity index (χ4n) is 4.74. The van der Waals surface area contributed by atoms with Crippen LogP contribution in [-0.2, 0) is 0 Å². The lowest BCUT2D eigenvalue weighted by molar-refractivity contribution is 0.0746. The van der Waals surface area contributed by atoms with Crippen LogP contribution in [0.15, 0.2) is 72.9 Å². The molecule has 6 nitrogen and oxygen atoms in total. The summed E-state index contributed by atoms with van der Waals surface area (Å²) in [5.74, 6) is 0.999. The van der Waals surface area contributed by atoms with E-state index in [4.69, 9.17) is 0 Å². The standard InChI is InChI=1S/C27H31N5O/c1-21-6-5-9-24(18-21)30-14-16-31(17-15-30)27(33)23-10-11-26(29-19-23)32-13-12-28-25(20-32)22-7-3-2-4-8-22/h2-11,18-19,25,28H,12-17,20H2,1H3/t25-/m0/s1. The van der Waals surface area contributed by atoms with Gasteiger partial charge in [0.15, 0.2) is 0 Å². The highest BCUT2D eigenvalue weighted by atomic mass is 16.2. The van der Waals surface area contributed by atoms with Crippen molar-refractivity contribution in [2.75, 3.05) is 55.6 Å². The fourth-order valence-corrected chi connectivity index (χ4v) is 4.74. The van der Waals surface area contributed by atoms with Gasteiger partial charge >= 0.3 is 0 Å². The molecule has 6 heteroatoms. The molecule has 0 bridgehead atoms.